The topological polar surface area (TPSA) is 72.2 Å². The SMILES string of the molecule is CC(NS(=O)(=O)c1cc(N)cc(Br)c1F)C1CCCC1. The van der Waals surface area contributed by atoms with Crippen LogP contribution in [0.5, 0.6) is 0 Å². The molecule has 0 bridgehead atoms. The molecular formula is C13H18BrFN2O2S. The minimum absolute atomic E-state index is 0.0476. The number of halogens is 2. The molecule has 1 saturated carbocycles. The molecule has 1 aliphatic carbocycles. The lowest BCUT2D eigenvalue weighted by atomic mass is 10.0. The van der Waals surface area contributed by atoms with Gasteiger partial charge in [-0.25, -0.2) is 17.5 Å². The summed E-state index contributed by atoms with van der Waals surface area (Å²) in [6.45, 7) is 1.83. The Bertz CT molecular complexity index is 601. The molecule has 0 saturated heterocycles. The quantitative estimate of drug-likeness (QED) is 0.806. The fourth-order valence-corrected chi connectivity index (χ4v) is 4.70. The van der Waals surface area contributed by atoms with Crippen LogP contribution < -0.4 is 10.5 Å². The first-order valence-corrected chi connectivity index (χ1v) is 8.85. The second-order valence-corrected chi connectivity index (χ2v) is 7.81. The van der Waals surface area contributed by atoms with Gasteiger partial charge in [0.25, 0.3) is 0 Å². The van der Waals surface area contributed by atoms with Crippen LogP contribution in [0.1, 0.15) is 32.6 Å². The van der Waals surface area contributed by atoms with Gasteiger partial charge < -0.3 is 5.73 Å². The van der Waals surface area contributed by atoms with Crippen LogP contribution in [0, 0.1) is 11.7 Å². The minimum atomic E-state index is -3.91. The molecule has 0 heterocycles. The maximum Gasteiger partial charge on any atom is 0.243 e. The van der Waals surface area contributed by atoms with Gasteiger partial charge in [-0.05, 0) is 53.7 Å². The lowest BCUT2D eigenvalue weighted by Crippen LogP contribution is -2.37. The van der Waals surface area contributed by atoms with Crippen molar-refractivity contribution in [2.45, 2.75) is 43.5 Å². The first kappa shape index (κ1) is 15.7. The summed E-state index contributed by atoms with van der Waals surface area (Å²) in [5.74, 6) is -0.498. The number of benzene rings is 1. The van der Waals surface area contributed by atoms with E-state index in [4.69, 9.17) is 5.73 Å². The zero-order valence-electron chi connectivity index (χ0n) is 11.2. The van der Waals surface area contributed by atoms with Gasteiger partial charge in [0.15, 0.2) is 5.82 Å². The van der Waals surface area contributed by atoms with E-state index < -0.39 is 20.7 Å². The molecule has 4 nitrogen and oxygen atoms in total. The van der Waals surface area contributed by atoms with Gasteiger partial charge in [-0.1, -0.05) is 12.8 Å². The van der Waals surface area contributed by atoms with Gasteiger partial charge >= 0.3 is 0 Å². The third-order valence-corrected chi connectivity index (χ3v) is 5.89. The monoisotopic (exact) mass is 364 g/mol. The molecule has 0 spiro atoms. The molecule has 1 unspecified atom stereocenters. The van der Waals surface area contributed by atoms with Crippen molar-refractivity contribution in [1.82, 2.24) is 4.72 Å². The molecule has 1 aromatic carbocycles. The highest BCUT2D eigenvalue weighted by Gasteiger charge is 2.28. The van der Waals surface area contributed by atoms with Crippen molar-refractivity contribution in [2.75, 3.05) is 5.73 Å². The number of rotatable bonds is 4. The molecule has 1 fully saturated rings. The second-order valence-electron chi connectivity index (χ2n) is 5.27. The van der Waals surface area contributed by atoms with Gasteiger partial charge in [-0.3, -0.25) is 0 Å². The predicted molar refractivity (Wildman–Crippen MR) is 80.3 cm³/mol. The summed E-state index contributed by atoms with van der Waals surface area (Å²) in [7, 11) is -3.91. The summed E-state index contributed by atoms with van der Waals surface area (Å²) in [6.07, 6.45) is 4.25. The molecule has 0 aromatic heterocycles. The van der Waals surface area contributed by atoms with Crippen molar-refractivity contribution >= 4 is 31.6 Å². The highest BCUT2D eigenvalue weighted by Crippen LogP contribution is 2.30. The minimum Gasteiger partial charge on any atom is -0.399 e. The largest absolute Gasteiger partial charge is 0.399 e. The van der Waals surface area contributed by atoms with Gasteiger partial charge in [-0.2, -0.15) is 0 Å². The first-order chi connectivity index (χ1) is 9.31. The van der Waals surface area contributed by atoms with Gasteiger partial charge in [-0.15, -0.1) is 0 Å². The summed E-state index contributed by atoms with van der Waals surface area (Å²) >= 11 is 2.97. The molecule has 0 amide bonds. The summed E-state index contributed by atoms with van der Waals surface area (Å²) in [5.41, 5.74) is 5.79. The molecule has 20 heavy (non-hydrogen) atoms. The first-order valence-electron chi connectivity index (χ1n) is 6.58. The van der Waals surface area contributed by atoms with Crippen molar-refractivity contribution in [3.8, 4) is 0 Å². The lowest BCUT2D eigenvalue weighted by Gasteiger charge is -2.20. The van der Waals surface area contributed by atoms with Crippen molar-refractivity contribution in [3.63, 3.8) is 0 Å². The van der Waals surface area contributed by atoms with E-state index in [1.54, 1.807) is 0 Å². The van der Waals surface area contributed by atoms with E-state index in [2.05, 4.69) is 20.7 Å². The molecule has 1 aliphatic rings. The molecule has 1 aromatic rings. The van der Waals surface area contributed by atoms with Crippen LogP contribution in [0.3, 0.4) is 0 Å². The maximum atomic E-state index is 14.0. The Kier molecular flexibility index (Phi) is 4.71. The second kappa shape index (κ2) is 5.99. The number of hydrogen-bond acceptors (Lipinski definition) is 3. The Morgan fingerprint density at radius 3 is 2.60 bits per heavy atom. The van der Waals surface area contributed by atoms with E-state index >= 15 is 0 Å². The number of sulfonamides is 1. The van der Waals surface area contributed by atoms with Gasteiger partial charge in [0.1, 0.15) is 4.90 Å². The Morgan fingerprint density at radius 2 is 2.00 bits per heavy atom. The summed E-state index contributed by atoms with van der Waals surface area (Å²) in [5, 5.41) is 0. The highest BCUT2D eigenvalue weighted by atomic mass is 79.9. The summed E-state index contributed by atoms with van der Waals surface area (Å²) in [4.78, 5) is -0.408. The van der Waals surface area contributed by atoms with Crippen molar-refractivity contribution in [3.05, 3.63) is 22.4 Å². The standard InChI is InChI=1S/C13H18BrFN2O2S/c1-8(9-4-2-3-5-9)17-20(18,19)12-7-10(16)6-11(14)13(12)15/h6-9,17H,2-5,16H2,1H3. The Morgan fingerprint density at radius 1 is 1.40 bits per heavy atom. The van der Waals surface area contributed by atoms with E-state index in [-0.39, 0.29) is 16.2 Å². The van der Waals surface area contributed by atoms with E-state index in [0.717, 1.165) is 31.7 Å². The van der Waals surface area contributed by atoms with Crippen LogP contribution in [0.25, 0.3) is 0 Å². The number of hydrogen-bond donors (Lipinski definition) is 2. The fraction of sp³-hybridized carbons (Fsp3) is 0.538. The normalized spacial score (nSPS) is 18.4. The number of nitrogens with one attached hydrogen (secondary N) is 1. The lowest BCUT2D eigenvalue weighted by molar-refractivity contribution is 0.422. The van der Waals surface area contributed by atoms with Crippen LogP contribution in [0.4, 0.5) is 10.1 Å². The molecule has 7 heteroatoms. The predicted octanol–water partition coefficient (Wildman–Crippen LogP) is 3.03. The Hall–Kier alpha value is -0.660. The van der Waals surface area contributed by atoms with Crippen LogP contribution in [-0.4, -0.2) is 14.5 Å². The number of anilines is 1. The van der Waals surface area contributed by atoms with Crippen LogP contribution in [-0.2, 0) is 10.0 Å². The van der Waals surface area contributed by atoms with Gasteiger partial charge in [0.05, 0.1) is 4.47 Å². The van der Waals surface area contributed by atoms with E-state index in [1.165, 1.54) is 6.07 Å². The smallest absolute Gasteiger partial charge is 0.243 e. The third-order valence-electron chi connectivity index (χ3n) is 3.75. The average Bonchev–Trinajstić information content (AvgIpc) is 2.86. The number of nitrogen functional groups attached to an aromatic ring is 1. The van der Waals surface area contributed by atoms with Crippen molar-refractivity contribution in [1.29, 1.82) is 0 Å². The third kappa shape index (κ3) is 3.32. The van der Waals surface area contributed by atoms with Crippen molar-refractivity contribution in [2.24, 2.45) is 5.92 Å². The molecule has 0 radical (unpaired) electrons. The maximum absolute atomic E-state index is 14.0. The van der Waals surface area contributed by atoms with Crippen LogP contribution in [0.15, 0.2) is 21.5 Å². The van der Waals surface area contributed by atoms with Gasteiger partial charge in [0.2, 0.25) is 10.0 Å². The summed E-state index contributed by atoms with van der Waals surface area (Å²) in [6, 6.07) is 2.28. The zero-order valence-corrected chi connectivity index (χ0v) is 13.6. The van der Waals surface area contributed by atoms with E-state index in [9.17, 15) is 12.8 Å². The zero-order chi connectivity index (χ0) is 14.9. The van der Waals surface area contributed by atoms with E-state index in [0.29, 0.717) is 5.92 Å². The molecule has 3 N–H and O–H groups in total. The van der Waals surface area contributed by atoms with E-state index in [1.807, 2.05) is 6.92 Å². The Balaban J connectivity index is 2.26. The Labute approximate surface area is 127 Å². The van der Waals surface area contributed by atoms with Crippen molar-refractivity contribution < 1.29 is 12.8 Å². The summed E-state index contributed by atoms with van der Waals surface area (Å²) < 4.78 is 41.2. The molecule has 112 valence electrons. The molecule has 0 aliphatic heterocycles. The van der Waals surface area contributed by atoms with Crippen LogP contribution >= 0.6 is 15.9 Å². The molecule has 1 atom stereocenters. The fourth-order valence-electron chi connectivity index (χ4n) is 2.64. The number of nitrogens with two attached hydrogens (primary N) is 1. The highest BCUT2D eigenvalue weighted by molar-refractivity contribution is 9.10. The van der Waals surface area contributed by atoms with Gasteiger partial charge in [0, 0.05) is 11.7 Å². The molecule has 2 rings (SSSR count). The average molecular weight is 365 g/mol. The molecular weight excluding hydrogens is 347 g/mol. The van der Waals surface area contributed by atoms with Crippen LogP contribution in [0.2, 0.25) is 0 Å².